The Morgan fingerprint density at radius 2 is 2.18 bits per heavy atom. The minimum atomic E-state index is -2.43. The number of methoxy groups -OCH3 is 1. The van der Waals surface area contributed by atoms with E-state index >= 15 is 0 Å². The van der Waals surface area contributed by atoms with E-state index in [0.717, 1.165) is 0 Å². The second kappa shape index (κ2) is 6.74. The number of hydrogen-bond donors (Lipinski definition) is 2. The predicted molar refractivity (Wildman–Crippen MR) is 63.8 cm³/mol. The molecule has 0 fully saturated rings. The molecule has 0 aromatic heterocycles. The van der Waals surface area contributed by atoms with Gasteiger partial charge in [0.15, 0.2) is 0 Å². The van der Waals surface area contributed by atoms with Crippen LogP contribution < -0.4 is 15.8 Å². The second-order valence-corrected chi connectivity index (χ2v) is 3.85. The molecular formula is C11H15ClF2N2O. The fourth-order valence-corrected chi connectivity index (χ4v) is 1.87. The van der Waals surface area contributed by atoms with E-state index in [1.807, 2.05) is 0 Å². The van der Waals surface area contributed by atoms with Gasteiger partial charge in [0.05, 0.1) is 13.7 Å². The van der Waals surface area contributed by atoms with Gasteiger partial charge in [-0.3, -0.25) is 0 Å². The van der Waals surface area contributed by atoms with Gasteiger partial charge in [0.1, 0.15) is 5.75 Å². The maximum absolute atomic E-state index is 12.2. The van der Waals surface area contributed by atoms with Crippen LogP contribution in [0.1, 0.15) is 11.6 Å². The van der Waals surface area contributed by atoms with Crippen molar-refractivity contribution in [1.82, 2.24) is 5.32 Å². The fraction of sp³-hybridized carbons (Fsp3) is 0.455. The summed E-state index contributed by atoms with van der Waals surface area (Å²) in [6.07, 6.45) is -2.43. The molecule has 0 spiro atoms. The van der Waals surface area contributed by atoms with E-state index in [9.17, 15) is 8.78 Å². The Morgan fingerprint density at radius 3 is 2.71 bits per heavy atom. The number of alkyl halides is 2. The summed E-state index contributed by atoms with van der Waals surface area (Å²) in [5.74, 6) is 0.537. The molecule has 0 amide bonds. The average Bonchev–Trinajstić information content (AvgIpc) is 2.31. The first-order chi connectivity index (χ1) is 8.10. The van der Waals surface area contributed by atoms with Crippen molar-refractivity contribution < 1.29 is 13.5 Å². The van der Waals surface area contributed by atoms with Crippen LogP contribution in [0.4, 0.5) is 8.78 Å². The van der Waals surface area contributed by atoms with Crippen LogP contribution in [0, 0.1) is 0 Å². The molecule has 0 aliphatic heterocycles. The molecule has 0 bridgehead atoms. The molecule has 0 radical (unpaired) electrons. The third-order valence-corrected chi connectivity index (χ3v) is 2.67. The topological polar surface area (TPSA) is 47.3 Å². The highest BCUT2D eigenvalue weighted by Gasteiger charge is 2.18. The first-order valence-electron chi connectivity index (χ1n) is 5.14. The van der Waals surface area contributed by atoms with Crippen molar-refractivity contribution in [2.75, 3.05) is 20.2 Å². The molecule has 3 N–H and O–H groups in total. The molecule has 0 saturated carbocycles. The van der Waals surface area contributed by atoms with Gasteiger partial charge in [-0.25, -0.2) is 8.78 Å². The second-order valence-electron chi connectivity index (χ2n) is 3.44. The Labute approximate surface area is 104 Å². The van der Waals surface area contributed by atoms with Crippen LogP contribution in [0.25, 0.3) is 0 Å². The lowest BCUT2D eigenvalue weighted by Crippen LogP contribution is -2.32. The van der Waals surface area contributed by atoms with E-state index in [4.69, 9.17) is 22.1 Å². The molecular weight excluding hydrogens is 250 g/mol. The van der Waals surface area contributed by atoms with E-state index in [-0.39, 0.29) is 6.54 Å². The number of rotatable bonds is 6. The number of ether oxygens (including phenoxy) is 1. The molecule has 0 aliphatic carbocycles. The zero-order valence-electron chi connectivity index (χ0n) is 9.42. The van der Waals surface area contributed by atoms with Crippen LogP contribution in [0.2, 0.25) is 5.02 Å². The highest BCUT2D eigenvalue weighted by Crippen LogP contribution is 2.31. The molecule has 96 valence electrons. The van der Waals surface area contributed by atoms with Gasteiger partial charge in [-0.1, -0.05) is 17.7 Å². The maximum atomic E-state index is 12.2. The number of hydrogen-bond acceptors (Lipinski definition) is 3. The smallest absolute Gasteiger partial charge is 0.250 e. The highest BCUT2D eigenvalue weighted by molar-refractivity contribution is 6.31. The minimum absolute atomic E-state index is 0.160. The summed E-state index contributed by atoms with van der Waals surface area (Å²) in [5, 5.41) is 3.11. The van der Waals surface area contributed by atoms with Crippen molar-refractivity contribution >= 4 is 11.6 Å². The first kappa shape index (κ1) is 14.2. The average molecular weight is 265 g/mol. The van der Waals surface area contributed by atoms with Gasteiger partial charge < -0.3 is 15.8 Å². The summed E-state index contributed by atoms with van der Waals surface area (Å²) in [6.45, 7) is -0.275. The summed E-state index contributed by atoms with van der Waals surface area (Å²) in [6, 6.07) is 4.67. The van der Waals surface area contributed by atoms with Gasteiger partial charge in [-0.05, 0) is 12.1 Å². The third-order valence-electron chi connectivity index (χ3n) is 2.34. The lowest BCUT2D eigenvalue weighted by atomic mass is 10.1. The van der Waals surface area contributed by atoms with Crippen LogP contribution in [0.3, 0.4) is 0 Å². The molecule has 1 rings (SSSR count). The summed E-state index contributed by atoms with van der Waals surface area (Å²) in [4.78, 5) is 0. The van der Waals surface area contributed by atoms with Crippen molar-refractivity contribution in [2.24, 2.45) is 5.73 Å². The van der Waals surface area contributed by atoms with Crippen molar-refractivity contribution in [3.05, 3.63) is 28.8 Å². The third kappa shape index (κ3) is 3.80. The van der Waals surface area contributed by atoms with Gasteiger partial charge in [0.25, 0.3) is 6.43 Å². The molecule has 17 heavy (non-hydrogen) atoms. The van der Waals surface area contributed by atoms with Crippen LogP contribution in [-0.4, -0.2) is 26.6 Å². The molecule has 1 aromatic rings. The van der Waals surface area contributed by atoms with Gasteiger partial charge in [-0.15, -0.1) is 0 Å². The van der Waals surface area contributed by atoms with Gasteiger partial charge >= 0.3 is 0 Å². The Bertz CT molecular complexity index is 363. The summed E-state index contributed by atoms with van der Waals surface area (Å²) < 4.78 is 29.5. The molecule has 1 unspecified atom stereocenters. The number of benzene rings is 1. The fourth-order valence-electron chi connectivity index (χ4n) is 1.57. The Morgan fingerprint density at radius 1 is 1.47 bits per heavy atom. The zero-order valence-corrected chi connectivity index (χ0v) is 10.2. The van der Waals surface area contributed by atoms with Gasteiger partial charge in [0, 0.05) is 23.2 Å². The largest absolute Gasteiger partial charge is 0.496 e. The summed E-state index contributed by atoms with van der Waals surface area (Å²) in [7, 11) is 1.50. The van der Waals surface area contributed by atoms with E-state index < -0.39 is 19.0 Å². The minimum Gasteiger partial charge on any atom is -0.496 e. The van der Waals surface area contributed by atoms with Crippen molar-refractivity contribution in [3.8, 4) is 5.75 Å². The van der Waals surface area contributed by atoms with Gasteiger partial charge in [0.2, 0.25) is 0 Å². The molecule has 3 nitrogen and oxygen atoms in total. The van der Waals surface area contributed by atoms with Crippen LogP contribution in [-0.2, 0) is 0 Å². The highest BCUT2D eigenvalue weighted by atomic mass is 35.5. The number of nitrogens with one attached hydrogen (secondary N) is 1. The predicted octanol–water partition coefficient (Wildman–Crippen LogP) is 2.20. The lowest BCUT2D eigenvalue weighted by molar-refractivity contribution is 0.141. The van der Waals surface area contributed by atoms with Crippen LogP contribution in [0.5, 0.6) is 5.75 Å². The molecule has 0 saturated heterocycles. The summed E-state index contributed by atoms with van der Waals surface area (Å²) in [5.41, 5.74) is 6.17. The van der Waals surface area contributed by atoms with Crippen molar-refractivity contribution in [1.29, 1.82) is 0 Å². The van der Waals surface area contributed by atoms with E-state index in [1.54, 1.807) is 18.2 Å². The molecule has 0 heterocycles. The maximum Gasteiger partial charge on any atom is 0.250 e. The van der Waals surface area contributed by atoms with E-state index in [2.05, 4.69) is 5.32 Å². The normalized spacial score (nSPS) is 12.8. The van der Waals surface area contributed by atoms with E-state index in [1.165, 1.54) is 7.11 Å². The van der Waals surface area contributed by atoms with Gasteiger partial charge in [-0.2, -0.15) is 0 Å². The van der Waals surface area contributed by atoms with Crippen molar-refractivity contribution in [3.63, 3.8) is 0 Å². The first-order valence-corrected chi connectivity index (χ1v) is 5.52. The zero-order chi connectivity index (χ0) is 12.8. The molecule has 1 atom stereocenters. The Balaban J connectivity index is 2.94. The quantitative estimate of drug-likeness (QED) is 0.828. The molecule has 6 heteroatoms. The van der Waals surface area contributed by atoms with Crippen LogP contribution in [0.15, 0.2) is 18.2 Å². The lowest BCUT2D eigenvalue weighted by Gasteiger charge is -2.20. The molecule has 0 aliphatic rings. The molecule has 1 aromatic carbocycles. The Hall–Kier alpha value is -0.910. The standard InChI is InChI=1S/C11H15ClF2N2O/c1-17-9-4-2-3-7(12)11(9)8(5-15)16-6-10(13)14/h2-4,8,10,16H,5-6,15H2,1H3. The number of nitrogens with two attached hydrogens (primary N) is 1. The Kier molecular flexibility index (Phi) is 5.61. The summed E-state index contributed by atoms with van der Waals surface area (Å²) >= 11 is 6.03. The monoisotopic (exact) mass is 264 g/mol. The van der Waals surface area contributed by atoms with Crippen LogP contribution >= 0.6 is 11.6 Å². The number of halogens is 3. The van der Waals surface area contributed by atoms with Crippen molar-refractivity contribution in [2.45, 2.75) is 12.5 Å². The van der Waals surface area contributed by atoms with E-state index in [0.29, 0.717) is 16.3 Å². The SMILES string of the molecule is COc1cccc(Cl)c1C(CN)NCC(F)F.